The van der Waals surface area contributed by atoms with Gasteiger partial charge in [-0.05, 0) is 13.8 Å². The SMILES string of the molecule is CCC(=O)N(C)CCc1noc(-c2nn(C(C)C)c3c2COCC3)n1. The topological polar surface area (TPSA) is 86.3 Å². The first kappa shape index (κ1) is 17.6. The maximum Gasteiger partial charge on any atom is 0.278 e. The summed E-state index contributed by atoms with van der Waals surface area (Å²) in [4.78, 5) is 17.8. The number of carbonyl (C=O) groups is 1. The molecule has 0 aliphatic carbocycles. The summed E-state index contributed by atoms with van der Waals surface area (Å²) in [6.07, 6.45) is 1.88. The molecule has 0 saturated carbocycles. The van der Waals surface area contributed by atoms with Crippen molar-refractivity contribution in [2.75, 3.05) is 20.2 Å². The average molecular weight is 347 g/mol. The minimum Gasteiger partial charge on any atom is -0.376 e. The molecular weight excluding hydrogens is 322 g/mol. The smallest absolute Gasteiger partial charge is 0.278 e. The molecule has 0 aromatic carbocycles. The van der Waals surface area contributed by atoms with Gasteiger partial charge in [-0.3, -0.25) is 9.48 Å². The van der Waals surface area contributed by atoms with Crippen LogP contribution in [0.15, 0.2) is 4.52 Å². The molecule has 25 heavy (non-hydrogen) atoms. The third-order valence-corrected chi connectivity index (χ3v) is 4.41. The Hall–Kier alpha value is -2.22. The molecule has 0 fully saturated rings. The van der Waals surface area contributed by atoms with Crippen LogP contribution in [0.25, 0.3) is 11.6 Å². The summed E-state index contributed by atoms with van der Waals surface area (Å²) >= 11 is 0. The van der Waals surface area contributed by atoms with Gasteiger partial charge in [-0.15, -0.1) is 0 Å². The molecule has 0 spiro atoms. The van der Waals surface area contributed by atoms with Crippen molar-refractivity contribution in [1.29, 1.82) is 0 Å². The molecule has 0 saturated heterocycles. The minimum atomic E-state index is 0.102. The molecule has 2 aromatic heterocycles. The third kappa shape index (κ3) is 3.58. The summed E-state index contributed by atoms with van der Waals surface area (Å²) < 4.78 is 13.0. The molecule has 8 heteroatoms. The summed E-state index contributed by atoms with van der Waals surface area (Å²) in [6.45, 7) is 7.84. The highest BCUT2D eigenvalue weighted by atomic mass is 16.5. The Morgan fingerprint density at radius 2 is 2.20 bits per heavy atom. The number of rotatable bonds is 6. The van der Waals surface area contributed by atoms with Crippen molar-refractivity contribution in [1.82, 2.24) is 24.8 Å². The first-order valence-corrected chi connectivity index (χ1v) is 8.76. The highest BCUT2D eigenvalue weighted by molar-refractivity contribution is 5.75. The van der Waals surface area contributed by atoms with Gasteiger partial charge < -0.3 is 14.2 Å². The van der Waals surface area contributed by atoms with Crippen molar-refractivity contribution >= 4 is 5.91 Å². The molecule has 0 N–H and O–H groups in total. The summed E-state index contributed by atoms with van der Waals surface area (Å²) in [7, 11) is 1.78. The molecule has 0 atom stereocenters. The zero-order chi connectivity index (χ0) is 18.0. The fourth-order valence-electron chi connectivity index (χ4n) is 2.98. The summed E-state index contributed by atoms with van der Waals surface area (Å²) in [5, 5.41) is 8.73. The highest BCUT2D eigenvalue weighted by Gasteiger charge is 2.26. The lowest BCUT2D eigenvalue weighted by atomic mass is 10.1. The van der Waals surface area contributed by atoms with E-state index in [2.05, 4.69) is 29.1 Å². The van der Waals surface area contributed by atoms with E-state index >= 15 is 0 Å². The van der Waals surface area contributed by atoms with Gasteiger partial charge in [0.05, 0.1) is 13.2 Å². The predicted molar refractivity (Wildman–Crippen MR) is 90.9 cm³/mol. The number of amides is 1. The van der Waals surface area contributed by atoms with Crippen LogP contribution in [-0.4, -0.2) is 50.9 Å². The molecule has 0 radical (unpaired) electrons. The van der Waals surface area contributed by atoms with E-state index < -0.39 is 0 Å². The maximum absolute atomic E-state index is 11.6. The number of likely N-dealkylation sites (N-methyl/N-ethyl adjacent to an activating group) is 1. The number of hydrogen-bond donors (Lipinski definition) is 0. The van der Waals surface area contributed by atoms with Crippen molar-refractivity contribution in [3.8, 4) is 11.6 Å². The second-order valence-corrected chi connectivity index (χ2v) is 6.55. The van der Waals surface area contributed by atoms with Gasteiger partial charge in [-0.2, -0.15) is 10.1 Å². The van der Waals surface area contributed by atoms with Crippen LogP contribution in [0.3, 0.4) is 0 Å². The second-order valence-electron chi connectivity index (χ2n) is 6.55. The average Bonchev–Trinajstić information content (AvgIpc) is 3.23. The molecule has 0 unspecified atom stereocenters. The Morgan fingerprint density at radius 3 is 2.92 bits per heavy atom. The Morgan fingerprint density at radius 1 is 1.40 bits per heavy atom. The summed E-state index contributed by atoms with van der Waals surface area (Å²) in [5.41, 5.74) is 2.93. The van der Waals surface area contributed by atoms with E-state index in [0.29, 0.717) is 50.0 Å². The van der Waals surface area contributed by atoms with Crippen LogP contribution < -0.4 is 0 Å². The van der Waals surface area contributed by atoms with Crippen molar-refractivity contribution in [2.45, 2.75) is 52.7 Å². The molecular formula is C17H25N5O3. The lowest BCUT2D eigenvalue weighted by Crippen LogP contribution is -2.28. The molecule has 3 heterocycles. The summed E-state index contributed by atoms with van der Waals surface area (Å²) in [6, 6.07) is 0.261. The van der Waals surface area contributed by atoms with Crippen molar-refractivity contribution in [3.05, 3.63) is 17.1 Å². The molecule has 8 nitrogen and oxygen atoms in total. The van der Waals surface area contributed by atoms with E-state index in [9.17, 15) is 4.79 Å². The van der Waals surface area contributed by atoms with E-state index in [4.69, 9.17) is 9.26 Å². The molecule has 1 amide bonds. The van der Waals surface area contributed by atoms with Crippen molar-refractivity contribution < 1.29 is 14.1 Å². The lowest BCUT2D eigenvalue weighted by Gasteiger charge is -2.16. The van der Waals surface area contributed by atoms with Gasteiger partial charge in [0.1, 0.15) is 0 Å². The van der Waals surface area contributed by atoms with Crippen LogP contribution in [0.4, 0.5) is 0 Å². The molecule has 0 bridgehead atoms. The third-order valence-electron chi connectivity index (χ3n) is 4.41. The standard InChI is InChI=1S/C17H25N5O3/c1-5-15(23)21(4)8-6-14-18-17(25-20-14)16-12-10-24-9-7-13(12)22(19-16)11(2)3/h11H,5-10H2,1-4H3. The monoisotopic (exact) mass is 347 g/mol. The minimum absolute atomic E-state index is 0.102. The van der Waals surface area contributed by atoms with Crippen LogP contribution >= 0.6 is 0 Å². The molecule has 136 valence electrons. The van der Waals surface area contributed by atoms with Crippen LogP contribution in [-0.2, 0) is 29.0 Å². The van der Waals surface area contributed by atoms with Gasteiger partial charge in [0.25, 0.3) is 5.89 Å². The van der Waals surface area contributed by atoms with Crippen LogP contribution in [0.5, 0.6) is 0 Å². The largest absolute Gasteiger partial charge is 0.376 e. The van der Waals surface area contributed by atoms with Crippen LogP contribution in [0, 0.1) is 0 Å². The van der Waals surface area contributed by atoms with Gasteiger partial charge in [-0.25, -0.2) is 0 Å². The first-order chi connectivity index (χ1) is 12.0. The number of hydrogen-bond acceptors (Lipinski definition) is 6. The zero-order valence-electron chi connectivity index (χ0n) is 15.3. The number of ether oxygens (including phenoxy) is 1. The Kier molecular flexibility index (Phi) is 5.17. The molecule has 1 aliphatic rings. The fourth-order valence-corrected chi connectivity index (χ4v) is 2.98. The second kappa shape index (κ2) is 7.35. The fraction of sp³-hybridized carbons (Fsp3) is 0.647. The van der Waals surface area contributed by atoms with Gasteiger partial charge in [0.2, 0.25) is 5.91 Å². The normalized spacial score (nSPS) is 14.0. The number of carbonyl (C=O) groups excluding carboxylic acids is 1. The molecule has 2 aromatic rings. The van der Waals surface area contributed by atoms with Gasteiger partial charge in [-0.1, -0.05) is 12.1 Å². The molecule has 1 aliphatic heterocycles. The predicted octanol–water partition coefficient (Wildman–Crippen LogP) is 2.00. The van der Waals surface area contributed by atoms with E-state index in [-0.39, 0.29) is 11.9 Å². The van der Waals surface area contributed by atoms with Gasteiger partial charge in [0, 0.05) is 50.2 Å². The lowest BCUT2D eigenvalue weighted by molar-refractivity contribution is -0.129. The van der Waals surface area contributed by atoms with Crippen molar-refractivity contribution in [2.24, 2.45) is 0 Å². The number of nitrogens with zero attached hydrogens (tertiary/aromatic N) is 5. The quantitative estimate of drug-likeness (QED) is 0.794. The van der Waals surface area contributed by atoms with Gasteiger partial charge in [0.15, 0.2) is 11.5 Å². The van der Waals surface area contributed by atoms with Crippen LogP contribution in [0.1, 0.15) is 50.3 Å². The van der Waals surface area contributed by atoms with E-state index in [1.807, 2.05) is 11.6 Å². The molecule has 3 rings (SSSR count). The van der Waals surface area contributed by atoms with E-state index in [0.717, 1.165) is 12.0 Å². The number of aromatic nitrogens is 4. The van der Waals surface area contributed by atoms with E-state index in [1.54, 1.807) is 11.9 Å². The first-order valence-electron chi connectivity index (χ1n) is 8.76. The van der Waals surface area contributed by atoms with Crippen LogP contribution in [0.2, 0.25) is 0 Å². The highest BCUT2D eigenvalue weighted by Crippen LogP contribution is 2.29. The van der Waals surface area contributed by atoms with Crippen molar-refractivity contribution in [3.63, 3.8) is 0 Å². The zero-order valence-corrected chi connectivity index (χ0v) is 15.3. The number of fused-ring (bicyclic) bond motifs is 1. The summed E-state index contributed by atoms with van der Waals surface area (Å²) in [5.74, 6) is 1.10. The Balaban J connectivity index is 1.79. The van der Waals surface area contributed by atoms with E-state index in [1.165, 1.54) is 5.69 Å². The van der Waals surface area contributed by atoms with Gasteiger partial charge >= 0.3 is 0 Å². The Bertz CT molecular complexity index is 750. The maximum atomic E-state index is 11.6. The Labute approximate surface area is 147 Å².